The van der Waals surface area contributed by atoms with Crippen LogP contribution >= 0.6 is 0 Å². The molecule has 2 N–H and O–H groups in total. The van der Waals surface area contributed by atoms with Gasteiger partial charge in [-0.1, -0.05) is 18.2 Å². The second-order valence-corrected chi connectivity index (χ2v) is 5.27. The number of nitrogens with one attached hydrogen (secondary N) is 1. The van der Waals surface area contributed by atoms with Gasteiger partial charge in [-0.25, -0.2) is 0 Å². The summed E-state index contributed by atoms with van der Waals surface area (Å²) in [6.07, 6.45) is 2.87. The normalized spacial score (nSPS) is 30.3. The molecule has 3 atom stereocenters. The van der Waals surface area contributed by atoms with Crippen LogP contribution in [0.3, 0.4) is 0 Å². The smallest absolute Gasteiger partial charge is 0.308 e. The van der Waals surface area contributed by atoms with E-state index in [9.17, 15) is 9.90 Å². The average molecular weight is 231 g/mol. The summed E-state index contributed by atoms with van der Waals surface area (Å²) in [5, 5.41) is 12.7. The predicted octanol–water partition coefficient (Wildman–Crippen LogP) is 2.44. The summed E-state index contributed by atoms with van der Waals surface area (Å²) in [6.45, 7) is 2.08. The Morgan fingerprint density at radius 3 is 3.00 bits per heavy atom. The predicted molar refractivity (Wildman–Crippen MR) is 66.1 cm³/mol. The molecule has 0 amide bonds. The maximum Gasteiger partial charge on any atom is 0.308 e. The van der Waals surface area contributed by atoms with Crippen LogP contribution in [0.1, 0.15) is 24.0 Å². The van der Waals surface area contributed by atoms with Crippen LogP contribution in [0.4, 0.5) is 5.69 Å². The van der Waals surface area contributed by atoms with Crippen molar-refractivity contribution in [3.05, 3.63) is 29.3 Å². The number of anilines is 1. The number of carboxylic acids is 1. The molecule has 1 aromatic carbocycles. The molecule has 1 fully saturated rings. The fourth-order valence-electron chi connectivity index (χ4n) is 3.36. The first-order chi connectivity index (χ1) is 8.16. The van der Waals surface area contributed by atoms with Gasteiger partial charge in [-0.05, 0) is 43.2 Å². The molecular formula is C14H17NO2. The molecular weight excluding hydrogens is 214 g/mol. The minimum Gasteiger partial charge on any atom is -0.481 e. The number of carbonyl (C=O) groups is 1. The number of hydrogen-bond donors (Lipinski definition) is 2. The Morgan fingerprint density at radius 2 is 2.24 bits per heavy atom. The van der Waals surface area contributed by atoms with Gasteiger partial charge >= 0.3 is 5.97 Å². The van der Waals surface area contributed by atoms with E-state index in [1.807, 2.05) is 0 Å². The van der Waals surface area contributed by atoms with E-state index in [0.29, 0.717) is 5.92 Å². The zero-order valence-corrected chi connectivity index (χ0v) is 9.94. The zero-order valence-electron chi connectivity index (χ0n) is 9.94. The lowest BCUT2D eigenvalue weighted by molar-refractivity contribution is -0.141. The van der Waals surface area contributed by atoms with Crippen LogP contribution in [0, 0.1) is 18.8 Å². The number of para-hydroxylation sites is 1. The second-order valence-electron chi connectivity index (χ2n) is 5.27. The van der Waals surface area contributed by atoms with Gasteiger partial charge in [0, 0.05) is 11.7 Å². The molecule has 0 aromatic heterocycles. The highest BCUT2D eigenvalue weighted by molar-refractivity contribution is 5.73. The third-order valence-corrected chi connectivity index (χ3v) is 4.26. The Kier molecular flexibility index (Phi) is 2.35. The van der Waals surface area contributed by atoms with Crippen molar-refractivity contribution in [3.63, 3.8) is 0 Å². The standard InChI is InChI=1S/C14H17NO2/c1-8-3-2-4-9-7-10-5-6-11(14(16)17)13(10)15-12(8)9/h2-4,10-11,13,15H,5-7H2,1H3,(H,16,17). The summed E-state index contributed by atoms with van der Waals surface area (Å²) in [5.41, 5.74) is 3.73. The molecule has 0 saturated heterocycles. The van der Waals surface area contributed by atoms with E-state index in [1.165, 1.54) is 16.8 Å². The lowest BCUT2D eigenvalue weighted by Crippen LogP contribution is -2.38. The molecule has 1 aromatic rings. The van der Waals surface area contributed by atoms with Crippen molar-refractivity contribution < 1.29 is 9.90 Å². The first-order valence-corrected chi connectivity index (χ1v) is 6.24. The number of benzene rings is 1. The molecule has 3 nitrogen and oxygen atoms in total. The molecule has 3 rings (SSSR count). The molecule has 17 heavy (non-hydrogen) atoms. The number of aryl methyl sites for hydroxylation is 1. The number of fused-ring (bicyclic) bond motifs is 2. The van der Waals surface area contributed by atoms with E-state index < -0.39 is 5.97 Å². The first-order valence-electron chi connectivity index (χ1n) is 6.24. The van der Waals surface area contributed by atoms with Gasteiger partial charge in [0.25, 0.3) is 0 Å². The Hall–Kier alpha value is -1.51. The van der Waals surface area contributed by atoms with Crippen LogP contribution in [0.25, 0.3) is 0 Å². The largest absolute Gasteiger partial charge is 0.481 e. The quantitative estimate of drug-likeness (QED) is 0.780. The van der Waals surface area contributed by atoms with Gasteiger partial charge in [0.2, 0.25) is 0 Å². The topological polar surface area (TPSA) is 49.3 Å². The summed E-state index contributed by atoms with van der Waals surface area (Å²) < 4.78 is 0. The van der Waals surface area contributed by atoms with Crippen LogP contribution in [-0.2, 0) is 11.2 Å². The fourth-order valence-corrected chi connectivity index (χ4v) is 3.36. The average Bonchev–Trinajstić information content (AvgIpc) is 2.70. The fraction of sp³-hybridized carbons (Fsp3) is 0.500. The van der Waals surface area contributed by atoms with Gasteiger partial charge in [0.1, 0.15) is 0 Å². The maximum absolute atomic E-state index is 11.2. The third-order valence-electron chi connectivity index (χ3n) is 4.26. The van der Waals surface area contributed by atoms with Crippen LogP contribution in [0.5, 0.6) is 0 Å². The molecule has 0 spiro atoms. The lowest BCUT2D eigenvalue weighted by atomic mass is 9.86. The number of carboxylic acid groups (broad SMARTS) is 1. The summed E-state index contributed by atoms with van der Waals surface area (Å²) in [7, 11) is 0. The summed E-state index contributed by atoms with van der Waals surface area (Å²) in [5.74, 6) is -0.375. The maximum atomic E-state index is 11.2. The van der Waals surface area contributed by atoms with Gasteiger partial charge in [0.15, 0.2) is 0 Å². The Balaban J connectivity index is 1.95. The highest BCUT2D eigenvalue weighted by Gasteiger charge is 2.42. The van der Waals surface area contributed by atoms with Gasteiger partial charge in [0.05, 0.1) is 5.92 Å². The SMILES string of the molecule is Cc1cccc2c1NC1C(CCC1C(=O)O)C2. The van der Waals surface area contributed by atoms with E-state index in [1.54, 1.807) is 0 Å². The Morgan fingerprint density at radius 1 is 1.41 bits per heavy atom. The monoisotopic (exact) mass is 231 g/mol. The number of hydrogen-bond acceptors (Lipinski definition) is 2. The molecule has 0 radical (unpaired) electrons. The van der Waals surface area contributed by atoms with E-state index in [0.717, 1.165) is 19.3 Å². The van der Waals surface area contributed by atoms with Crippen LogP contribution < -0.4 is 5.32 Å². The number of aliphatic carboxylic acids is 1. The minimum atomic E-state index is -0.651. The van der Waals surface area contributed by atoms with Crippen molar-refractivity contribution in [2.24, 2.45) is 11.8 Å². The first kappa shape index (κ1) is 10.6. The van der Waals surface area contributed by atoms with Gasteiger partial charge in [-0.2, -0.15) is 0 Å². The molecule has 2 aliphatic rings. The minimum absolute atomic E-state index is 0.126. The summed E-state index contributed by atoms with van der Waals surface area (Å²) in [6, 6.07) is 6.44. The van der Waals surface area contributed by atoms with Crippen molar-refractivity contribution in [2.75, 3.05) is 5.32 Å². The molecule has 0 bridgehead atoms. The Bertz CT molecular complexity index is 469. The van der Waals surface area contributed by atoms with Crippen LogP contribution in [0.2, 0.25) is 0 Å². The lowest BCUT2D eigenvalue weighted by Gasteiger charge is -2.32. The van der Waals surface area contributed by atoms with E-state index in [4.69, 9.17) is 0 Å². The zero-order chi connectivity index (χ0) is 12.0. The second kappa shape index (κ2) is 3.76. The Labute approximate surface area is 101 Å². The van der Waals surface area contributed by atoms with Crippen LogP contribution in [-0.4, -0.2) is 17.1 Å². The molecule has 3 unspecified atom stereocenters. The van der Waals surface area contributed by atoms with Gasteiger partial charge in [-0.15, -0.1) is 0 Å². The molecule has 1 aliphatic heterocycles. The molecule has 1 saturated carbocycles. The van der Waals surface area contributed by atoms with Crippen molar-refractivity contribution in [3.8, 4) is 0 Å². The van der Waals surface area contributed by atoms with E-state index in [2.05, 4.69) is 30.4 Å². The van der Waals surface area contributed by atoms with Crippen LogP contribution in [0.15, 0.2) is 18.2 Å². The molecule has 1 heterocycles. The van der Waals surface area contributed by atoms with E-state index >= 15 is 0 Å². The van der Waals surface area contributed by atoms with E-state index in [-0.39, 0.29) is 12.0 Å². The highest BCUT2D eigenvalue weighted by Crippen LogP contribution is 2.41. The van der Waals surface area contributed by atoms with Crippen molar-refractivity contribution >= 4 is 11.7 Å². The molecule has 1 aliphatic carbocycles. The van der Waals surface area contributed by atoms with Gasteiger partial charge < -0.3 is 10.4 Å². The van der Waals surface area contributed by atoms with Crippen molar-refractivity contribution in [2.45, 2.75) is 32.2 Å². The molecule has 90 valence electrons. The van der Waals surface area contributed by atoms with Gasteiger partial charge in [-0.3, -0.25) is 4.79 Å². The highest BCUT2D eigenvalue weighted by atomic mass is 16.4. The molecule has 3 heteroatoms. The summed E-state index contributed by atoms with van der Waals surface area (Å²) >= 11 is 0. The van der Waals surface area contributed by atoms with Crippen molar-refractivity contribution in [1.29, 1.82) is 0 Å². The van der Waals surface area contributed by atoms with Crippen molar-refractivity contribution in [1.82, 2.24) is 0 Å². The number of rotatable bonds is 1. The summed E-state index contributed by atoms with van der Waals surface area (Å²) in [4.78, 5) is 11.2. The third kappa shape index (κ3) is 1.61.